The fourth-order valence-electron chi connectivity index (χ4n) is 3.03. The van der Waals surface area contributed by atoms with Crippen LogP contribution in [0.2, 0.25) is 0 Å². The summed E-state index contributed by atoms with van der Waals surface area (Å²) >= 11 is 3.45. The molecule has 0 saturated carbocycles. The topological polar surface area (TPSA) is 47.8 Å². The maximum absolute atomic E-state index is 13.7. The predicted molar refractivity (Wildman–Crippen MR) is 102 cm³/mol. The number of fused-ring (bicyclic) bond motifs is 1. The smallest absolute Gasteiger partial charge is 0.264 e. The Morgan fingerprint density at radius 1 is 1.19 bits per heavy atom. The molecule has 0 fully saturated rings. The van der Waals surface area contributed by atoms with Crippen molar-refractivity contribution in [3.05, 3.63) is 82.6 Å². The first kappa shape index (κ1) is 16.6. The summed E-state index contributed by atoms with van der Waals surface area (Å²) in [6.45, 7) is 1.83. The van der Waals surface area contributed by atoms with Gasteiger partial charge in [-0.05, 0) is 42.8 Å². The molecule has 0 saturated heterocycles. The Bertz CT molecular complexity index is 1140. The highest BCUT2D eigenvalue weighted by atomic mass is 79.9. The van der Waals surface area contributed by atoms with Crippen molar-refractivity contribution in [1.82, 2.24) is 14.5 Å². The van der Waals surface area contributed by atoms with E-state index in [1.54, 1.807) is 24.5 Å². The number of hydrogen-bond acceptors (Lipinski definition) is 3. The van der Waals surface area contributed by atoms with Crippen molar-refractivity contribution in [2.75, 3.05) is 0 Å². The Hall–Kier alpha value is -2.86. The van der Waals surface area contributed by atoms with E-state index in [4.69, 9.17) is 0 Å². The first-order valence-corrected chi connectivity index (χ1v) is 8.72. The number of imidazole rings is 1. The number of carbonyl (C=O) groups excluding carboxylic acids is 1. The summed E-state index contributed by atoms with van der Waals surface area (Å²) in [4.78, 5) is 21.8. The van der Waals surface area contributed by atoms with Crippen LogP contribution in [0.1, 0.15) is 15.9 Å². The number of pyridine rings is 1. The molecular formula is C20H13BrFN3O. The lowest BCUT2D eigenvalue weighted by molar-refractivity contribution is 0.0961. The van der Waals surface area contributed by atoms with Gasteiger partial charge in [0.1, 0.15) is 12.1 Å². The van der Waals surface area contributed by atoms with Gasteiger partial charge in [0.15, 0.2) is 0 Å². The highest BCUT2D eigenvalue weighted by molar-refractivity contribution is 9.10. The molecule has 0 atom stereocenters. The number of aromatic nitrogens is 3. The van der Waals surface area contributed by atoms with E-state index in [0.717, 1.165) is 9.86 Å². The van der Waals surface area contributed by atoms with Crippen molar-refractivity contribution in [2.45, 2.75) is 6.92 Å². The van der Waals surface area contributed by atoms with E-state index in [2.05, 4.69) is 25.9 Å². The van der Waals surface area contributed by atoms with Crippen LogP contribution in [0.3, 0.4) is 0 Å². The first-order valence-electron chi connectivity index (χ1n) is 7.93. The molecule has 2 aromatic heterocycles. The molecule has 0 bridgehead atoms. The van der Waals surface area contributed by atoms with Gasteiger partial charge in [0.05, 0.1) is 16.8 Å². The Balaban J connectivity index is 2.06. The lowest BCUT2D eigenvalue weighted by Gasteiger charge is -2.14. The molecule has 0 radical (unpaired) electrons. The molecular weight excluding hydrogens is 397 g/mol. The molecule has 6 heteroatoms. The van der Waals surface area contributed by atoms with Crippen molar-refractivity contribution in [3.63, 3.8) is 0 Å². The standard InChI is InChI=1S/C20H13BrFN3O/c1-12-18(20(26)25-8-7-23-11-25)16-10-14(21)5-6-17(16)24-19(12)13-3-2-4-15(22)9-13/h2-11H,1H3. The molecule has 0 amide bonds. The van der Waals surface area contributed by atoms with Gasteiger partial charge in [0.2, 0.25) is 0 Å². The molecule has 26 heavy (non-hydrogen) atoms. The van der Waals surface area contributed by atoms with E-state index >= 15 is 0 Å². The maximum atomic E-state index is 13.7. The van der Waals surface area contributed by atoms with Crippen molar-refractivity contribution in [3.8, 4) is 11.3 Å². The van der Waals surface area contributed by atoms with Crippen LogP contribution in [0.25, 0.3) is 22.2 Å². The summed E-state index contributed by atoms with van der Waals surface area (Å²) in [6.07, 6.45) is 4.63. The van der Waals surface area contributed by atoms with Gasteiger partial charge in [-0.3, -0.25) is 9.36 Å². The third kappa shape index (κ3) is 2.82. The zero-order valence-electron chi connectivity index (χ0n) is 13.8. The molecule has 4 nitrogen and oxygen atoms in total. The minimum absolute atomic E-state index is 0.205. The van der Waals surface area contributed by atoms with Crippen molar-refractivity contribution >= 4 is 32.7 Å². The fraction of sp³-hybridized carbons (Fsp3) is 0.0500. The molecule has 2 heterocycles. The second-order valence-corrected chi connectivity index (χ2v) is 6.82. The summed E-state index contributed by atoms with van der Waals surface area (Å²) in [5.74, 6) is -0.551. The van der Waals surface area contributed by atoms with Crippen molar-refractivity contribution in [1.29, 1.82) is 0 Å². The molecule has 0 aliphatic rings. The van der Waals surface area contributed by atoms with E-state index < -0.39 is 0 Å². The summed E-state index contributed by atoms with van der Waals surface area (Å²) in [5.41, 5.74) is 3.10. The Morgan fingerprint density at radius 2 is 2.04 bits per heavy atom. The summed E-state index contributed by atoms with van der Waals surface area (Å²) < 4.78 is 16.0. The van der Waals surface area contributed by atoms with Crippen LogP contribution in [0, 0.1) is 12.7 Å². The highest BCUT2D eigenvalue weighted by Crippen LogP contribution is 2.32. The minimum Gasteiger partial charge on any atom is -0.272 e. The quantitative estimate of drug-likeness (QED) is 0.468. The van der Waals surface area contributed by atoms with Gasteiger partial charge in [-0.15, -0.1) is 0 Å². The monoisotopic (exact) mass is 409 g/mol. The van der Waals surface area contributed by atoms with Crippen LogP contribution in [-0.2, 0) is 0 Å². The lowest BCUT2D eigenvalue weighted by Crippen LogP contribution is -2.13. The van der Waals surface area contributed by atoms with Crippen LogP contribution in [-0.4, -0.2) is 20.4 Å². The predicted octanol–water partition coefficient (Wildman–Crippen LogP) is 5.00. The van der Waals surface area contributed by atoms with E-state index in [1.807, 2.05) is 25.1 Å². The Labute approximate surface area is 157 Å². The van der Waals surface area contributed by atoms with Gasteiger partial charge >= 0.3 is 0 Å². The SMILES string of the molecule is Cc1c(-c2cccc(F)c2)nc2ccc(Br)cc2c1C(=O)n1ccnc1. The fourth-order valence-corrected chi connectivity index (χ4v) is 3.39. The largest absolute Gasteiger partial charge is 0.272 e. The van der Waals surface area contributed by atoms with Gasteiger partial charge < -0.3 is 0 Å². The van der Waals surface area contributed by atoms with E-state index in [-0.39, 0.29) is 11.7 Å². The number of rotatable bonds is 2. The molecule has 0 aliphatic carbocycles. The Kier molecular flexibility index (Phi) is 4.12. The third-order valence-corrected chi connectivity index (χ3v) is 4.73. The number of halogens is 2. The number of carbonyl (C=O) groups is 1. The second kappa shape index (κ2) is 6.46. The zero-order valence-corrected chi connectivity index (χ0v) is 15.4. The van der Waals surface area contributed by atoms with E-state index in [0.29, 0.717) is 27.9 Å². The Morgan fingerprint density at radius 3 is 2.77 bits per heavy atom. The van der Waals surface area contributed by atoms with Gasteiger partial charge in [-0.25, -0.2) is 14.4 Å². The van der Waals surface area contributed by atoms with E-state index in [1.165, 1.54) is 23.0 Å². The maximum Gasteiger partial charge on any atom is 0.264 e. The average molecular weight is 410 g/mol. The molecule has 0 N–H and O–H groups in total. The molecule has 128 valence electrons. The van der Waals surface area contributed by atoms with Gasteiger partial charge in [-0.1, -0.05) is 28.1 Å². The average Bonchev–Trinajstić information content (AvgIpc) is 3.15. The van der Waals surface area contributed by atoms with Crippen LogP contribution >= 0.6 is 15.9 Å². The number of benzene rings is 2. The normalized spacial score (nSPS) is 11.0. The molecule has 2 aromatic carbocycles. The minimum atomic E-state index is -0.345. The molecule has 4 rings (SSSR count). The number of nitrogens with zero attached hydrogens (tertiary/aromatic N) is 3. The third-order valence-electron chi connectivity index (χ3n) is 4.24. The van der Waals surface area contributed by atoms with Crippen LogP contribution in [0.5, 0.6) is 0 Å². The second-order valence-electron chi connectivity index (χ2n) is 5.91. The van der Waals surface area contributed by atoms with Gasteiger partial charge in [0, 0.05) is 27.8 Å². The molecule has 4 aromatic rings. The van der Waals surface area contributed by atoms with Gasteiger partial charge in [0.25, 0.3) is 5.91 Å². The molecule has 0 spiro atoms. The van der Waals surface area contributed by atoms with Crippen molar-refractivity contribution in [2.24, 2.45) is 0 Å². The summed E-state index contributed by atoms with van der Waals surface area (Å²) in [5, 5.41) is 0.732. The molecule has 0 aliphatic heterocycles. The summed E-state index contributed by atoms with van der Waals surface area (Å²) in [6, 6.07) is 11.8. The van der Waals surface area contributed by atoms with E-state index in [9.17, 15) is 9.18 Å². The van der Waals surface area contributed by atoms with Gasteiger partial charge in [-0.2, -0.15) is 0 Å². The van der Waals surface area contributed by atoms with Crippen LogP contribution < -0.4 is 0 Å². The number of hydrogen-bond donors (Lipinski definition) is 0. The lowest BCUT2D eigenvalue weighted by atomic mass is 9.97. The summed E-state index contributed by atoms with van der Waals surface area (Å²) in [7, 11) is 0. The molecule has 0 unspecified atom stereocenters. The van der Waals surface area contributed by atoms with Crippen LogP contribution in [0.4, 0.5) is 4.39 Å². The van der Waals surface area contributed by atoms with Crippen molar-refractivity contribution < 1.29 is 9.18 Å². The zero-order chi connectivity index (χ0) is 18.3. The van der Waals surface area contributed by atoms with Crippen LogP contribution in [0.15, 0.2) is 65.7 Å². The first-order chi connectivity index (χ1) is 12.5. The highest BCUT2D eigenvalue weighted by Gasteiger charge is 2.20.